The van der Waals surface area contributed by atoms with Gasteiger partial charge in [-0.05, 0) is 36.4 Å². The van der Waals surface area contributed by atoms with Crippen LogP contribution in [-0.2, 0) is 0 Å². The van der Waals surface area contributed by atoms with E-state index in [0.29, 0.717) is 22.3 Å². The quantitative estimate of drug-likeness (QED) is 0.589. The first-order chi connectivity index (χ1) is 8.74. The van der Waals surface area contributed by atoms with Crippen molar-refractivity contribution in [3.63, 3.8) is 0 Å². The van der Waals surface area contributed by atoms with Gasteiger partial charge in [-0.2, -0.15) is 5.26 Å². The second kappa shape index (κ2) is 4.99. The van der Waals surface area contributed by atoms with Gasteiger partial charge < -0.3 is 0 Å². The van der Waals surface area contributed by atoms with Gasteiger partial charge in [-0.3, -0.25) is 4.79 Å². The van der Waals surface area contributed by atoms with E-state index in [0.717, 1.165) is 0 Å². The van der Waals surface area contributed by atoms with E-state index in [2.05, 4.69) is 5.92 Å². The number of terminal acetylenes is 1. The third-order valence-electron chi connectivity index (χ3n) is 2.57. The highest BCUT2D eigenvalue weighted by Crippen LogP contribution is 2.12. The SMILES string of the molecule is C#Cc1cccc(C(=O)c2ccc(C#N)cc2)c1. The number of nitrogens with zero attached hydrogens (tertiary/aromatic N) is 1. The Kier molecular flexibility index (Phi) is 3.23. The van der Waals surface area contributed by atoms with Crippen LogP contribution in [-0.4, -0.2) is 5.78 Å². The van der Waals surface area contributed by atoms with E-state index in [9.17, 15) is 4.79 Å². The van der Waals surface area contributed by atoms with Crippen molar-refractivity contribution in [3.8, 4) is 18.4 Å². The molecule has 2 nitrogen and oxygen atoms in total. The summed E-state index contributed by atoms with van der Waals surface area (Å²) in [7, 11) is 0. The van der Waals surface area contributed by atoms with Crippen molar-refractivity contribution in [1.29, 1.82) is 5.26 Å². The van der Waals surface area contributed by atoms with Gasteiger partial charge in [-0.1, -0.05) is 18.1 Å². The summed E-state index contributed by atoms with van der Waals surface area (Å²) in [5.74, 6) is 2.40. The molecule has 0 radical (unpaired) electrons. The summed E-state index contributed by atoms with van der Waals surface area (Å²) >= 11 is 0. The van der Waals surface area contributed by atoms with Crippen molar-refractivity contribution in [1.82, 2.24) is 0 Å². The van der Waals surface area contributed by atoms with E-state index in [-0.39, 0.29) is 5.78 Å². The second-order valence-corrected chi connectivity index (χ2v) is 3.74. The fourth-order valence-corrected chi connectivity index (χ4v) is 1.61. The molecule has 0 unspecified atom stereocenters. The summed E-state index contributed by atoms with van der Waals surface area (Å²) in [6.07, 6.45) is 5.30. The van der Waals surface area contributed by atoms with E-state index in [4.69, 9.17) is 11.7 Å². The molecule has 0 amide bonds. The van der Waals surface area contributed by atoms with Gasteiger partial charge in [0, 0.05) is 16.7 Å². The number of ketones is 1. The minimum Gasteiger partial charge on any atom is -0.289 e. The lowest BCUT2D eigenvalue weighted by Crippen LogP contribution is -2.01. The molecule has 0 fully saturated rings. The largest absolute Gasteiger partial charge is 0.289 e. The zero-order valence-corrected chi connectivity index (χ0v) is 9.55. The molecule has 0 aliphatic rings. The molecule has 2 aromatic carbocycles. The monoisotopic (exact) mass is 231 g/mol. The van der Waals surface area contributed by atoms with Gasteiger partial charge in [0.1, 0.15) is 0 Å². The lowest BCUT2D eigenvalue weighted by molar-refractivity contribution is 0.103. The molecular weight excluding hydrogens is 222 g/mol. The Morgan fingerprint density at radius 3 is 2.33 bits per heavy atom. The summed E-state index contributed by atoms with van der Waals surface area (Å²) in [6.45, 7) is 0. The third-order valence-corrected chi connectivity index (χ3v) is 2.57. The molecule has 18 heavy (non-hydrogen) atoms. The smallest absolute Gasteiger partial charge is 0.193 e. The molecule has 0 aromatic heterocycles. The summed E-state index contributed by atoms with van der Waals surface area (Å²) in [5.41, 5.74) is 2.30. The van der Waals surface area contributed by atoms with Crippen LogP contribution in [0.5, 0.6) is 0 Å². The zero-order chi connectivity index (χ0) is 13.0. The Hall–Kier alpha value is -2.84. The molecule has 0 spiro atoms. The van der Waals surface area contributed by atoms with Crippen LogP contribution < -0.4 is 0 Å². The first kappa shape index (κ1) is 11.6. The number of hydrogen-bond donors (Lipinski definition) is 0. The molecule has 0 bridgehead atoms. The molecule has 0 atom stereocenters. The van der Waals surface area contributed by atoms with E-state index < -0.39 is 0 Å². The Balaban J connectivity index is 2.36. The summed E-state index contributed by atoms with van der Waals surface area (Å²) in [4.78, 5) is 12.2. The number of carbonyl (C=O) groups is 1. The highest BCUT2D eigenvalue weighted by molar-refractivity contribution is 6.09. The molecule has 0 aliphatic heterocycles. The first-order valence-corrected chi connectivity index (χ1v) is 5.36. The van der Waals surface area contributed by atoms with E-state index in [1.165, 1.54) is 0 Å². The molecule has 84 valence electrons. The zero-order valence-electron chi connectivity index (χ0n) is 9.55. The molecular formula is C16H9NO. The Morgan fingerprint density at radius 2 is 1.72 bits per heavy atom. The molecule has 0 heterocycles. The second-order valence-electron chi connectivity index (χ2n) is 3.74. The first-order valence-electron chi connectivity index (χ1n) is 5.36. The van der Waals surface area contributed by atoms with Crippen molar-refractivity contribution in [2.24, 2.45) is 0 Å². The highest BCUT2D eigenvalue weighted by Gasteiger charge is 2.08. The number of rotatable bonds is 2. The molecule has 0 saturated heterocycles. The van der Waals surface area contributed by atoms with Crippen LogP contribution in [0.1, 0.15) is 27.0 Å². The summed E-state index contributed by atoms with van der Waals surface area (Å²) in [6, 6.07) is 15.5. The van der Waals surface area contributed by atoms with E-state index >= 15 is 0 Å². The fourth-order valence-electron chi connectivity index (χ4n) is 1.61. The van der Waals surface area contributed by atoms with Gasteiger partial charge in [0.25, 0.3) is 0 Å². The van der Waals surface area contributed by atoms with Crippen molar-refractivity contribution in [2.75, 3.05) is 0 Å². The summed E-state index contributed by atoms with van der Waals surface area (Å²) < 4.78 is 0. The maximum absolute atomic E-state index is 12.2. The topological polar surface area (TPSA) is 40.9 Å². The average molecular weight is 231 g/mol. The van der Waals surface area contributed by atoms with E-state index in [1.807, 2.05) is 6.07 Å². The molecule has 0 N–H and O–H groups in total. The fraction of sp³-hybridized carbons (Fsp3) is 0. The van der Waals surface area contributed by atoms with Gasteiger partial charge in [-0.15, -0.1) is 6.42 Å². The van der Waals surface area contributed by atoms with Crippen molar-refractivity contribution in [3.05, 3.63) is 70.8 Å². The Morgan fingerprint density at radius 1 is 1.00 bits per heavy atom. The van der Waals surface area contributed by atoms with Crippen LogP contribution in [0.2, 0.25) is 0 Å². The number of carbonyl (C=O) groups excluding carboxylic acids is 1. The minimum atomic E-state index is -0.100. The van der Waals surface area contributed by atoms with E-state index in [1.54, 1.807) is 48.5 Å². The number of benzene rings is 2. The Bertz CT molecular complexity index is 669. The molecule has 2 heteroatoms. The maximum atomic E-state index is 12.2. The normalized spacial score (nSPS) is 9.22. The van der Waals surface area contributed by atoms with Gasteiger partial charge in [-0.25, -0.2) is 0 Å². The predicted octanol–water partition coefficient (Wildman–Crippen LogP) is 2.77. The van der Waals surface area contributed by atoms with Crippen LogP contribution >= 0.6 is 0 Å². The van der Waals surface area contributed by atoms with Gasteiger partial charge in [0.05, 0.1) is 11.6 Å². The Labute approximate surface area is 106 Å². The van der Waals surface area contributed by atoms with Gasteiger partial charge in [0.15, 0.2) is 5.78 Å². The van der Waals surface area contributed by atoms with Crippen molar-refractivity contribution in [2.45, 2.75) is 0 Å². The average Bonchev–Trinajstić information content (AvgIpc) is 2.46. The van der Waals surface area contributed by atoms with Crippen LogP contribution in [0.4, 0.5) is 0 Å². The van der Waals surface area contributed by atoms with Crippen LogP contribution in [0.15, 0.2) is 48.5 Å². The molecule has 0 saturated carbocycles. The lowest BCUT2D eigenvalue weighted by atomic mass is 10.0. The van der Waals surface area contributed by atoms with Gasteiger partial charge in [0.2, 0.25) is 0 Å². The number of hydrogen-bond acceptors (Lipinski definition) is 2. The third kappa shape index (κ3) is 2.29. The van der Waals surface area contributed by atoms with Crippen molar-refractivity contribution < 1.29 is 4.79 Å². The maximum Gasteiger partial charge on any atom is 0.193 e. The van der Waals surface area contributed by atoms with Gasteiger partial charge >= 0.3 is 0 Å². The standard InChI is InChI=1S/C16H9NO/c1-2-12-4-3-5-15(10-12)16(18)14-8-6-13(11-17)7-9-14/h1,3-10H. The minimum absolute atomic E-state index is 0.100. The number of nitriles is 1. The predicted molar refractivity (Wildman–Crippen MR) is 69.0 cm³/mol. The van der Waals surface area contributed by atoms with Crippen LogP contribution in [0.25, 0.3) is 0 Å². The molecule has 0 aliphatic carbocycles. The molecule has 2 rings (SSSR count). The van der Waals surface area contributed by atoms with Crippen LogP contribution in [0.3, 0.4) is 0 Å². The van der Waals surface area contributed by atoms with Crippen LogP contribution in [0, 0.1) is 23.7 Å². The molecule has 2 aromatic rings. The highest BCUT2D eigenvalue weighted by atomic mass is 16.1. The lowest BCUT2D eigenvalue weighted by Gasteiger charge is -2.02. The summed E-state index contributed by atoms with van der Waals surface area (Å²) in [5, 5.41) is 8.70. The van der Waals surface area contributed by atoms with Crippen molar-refractivity contribution >= 4 is 5.78 Å².